The maximum absolute atomic E-state index is 12.3. The number of rotatable bonds is 9. The number of aryl methyl sites for hydroxylation is 1. The van der Waals surface area contributed by atoms with Crippen LogP contribution in [0.4, 0.5) is 4.79 Å². The fourth-order valence-electron chi connectivity index (χ4n) is 2.86. The number of carbonyl (C=O) groups excluding carboxylic acids is 1. The van der Waals surface area contributed by atoms with Gasteiger partial charge in [0.2, 0.25) is 0 Å². The second kappa shape index (κ2) is 10.7. The molecule has 0 spiro atoms. The number of aliphatic hydroxyl groups is 1. The van der Waals surface area contributed by atoms with Gasteiger partial charge in [0, 0.05) is 6.42 Å². The van der Waals surface area contributed by atoms with E-state index in [1.807, 2.05) is 37.3 Å². The minimum atomic E-state index is -3.93. The Morgan fingerprint density at radius 1 is 1.06 bits per heavy atom. The van der Waals surface area contributed by atoms with E-state index in [0.29, 0.717) is 6.42 Å². The summed E-state index contributed by atoms with van der Waals surface area (Å²) in [6.45, 7) is 6.88. The molecule has 1 amide bonds. The van der Waals surface area contributed by atoms with Crippen LogP contribution in [0, 0.1) is 6.92 Å². The van der Waals surface area contributed by atoms with Gasteiger partial charge in [0.05, 0.1) is 23.6 Å². The first kappa shape index (κ1) is 24.8. The summed E-state index contributed by atoms with van der Waals surface area (Å²) in [7, 11) is -3.93. The molecule has 2 aromatic rings. The van der Waals surface area contributed by atoms with Crippen LogP contribution in [0.25, 0.3) is 0 Å². The third-order valence-electron chi connectivity index (χ3n) is 4.43. The molecule has 8 heteroatoms. The maximum atomic E-state index is 12.3. The molecule has 0 aliphatic heterocycles. The predicted molar refractivity (Wildman–Crippen MR) is 118 cm³/mol. The van der Waals surface area contributed by atoms with E-state index in [-0.39, 0.29) is 17.9 Å². The van der Waals surface area contributed by atoms with Crippen LogP contribution in [-0.4, -0.2) is 44.0 Å². The number of hydrogen-bond donors (Lipinski definition) is 2. The summed E-state index contributed by atoms with van der Waals surface area (Å²) in [4.78, 5) is 12.3. The van der Waals surface area contributed by atoms with Crippen molar-refractivity contribution in [3.05, 3.63) is 65.7 Å². The van der Waals surface area contributed by atoms with Crippen LogP contribution >= 0.6 is 0 Å². The van der Waals surface area contributed by atoms with Crippen LogP contribution in [0.1, 0.15) is 38.3 Å². The smallest absolute Gasteiger partial charge is 0.407 e. The van der Waals surface area contributed by atoms with E-state index in [4.69, 9.17) is 8.92 Å². The maximum Gasteiger partial charge on any atom is 0.407 e. The summed E-state index contributed by atoms with van der Waals surface area (Å²) in [5.41, 5.74) is 1.17. The van der Waals surface area contributed by atoms with Crippen molar-refractivity contribution in [2.45, 2.75) is 63.2 Å². The molecule has 0 aliphatic rings. The van der Waals surface area contributed by atoms with Gasteiger partial charge < -0.3 is 15.2 Å². The van der Waals surface area contributed by atoms with Crippen molar-refractivity contribution in [3.63, 3.8) is 0 Å². The standard InChI is InChI=1S/C23H31NO6S/c1-17-10-12-19(13-11-17)31(27,28)29-15-14-21(25)20(16-18-8-6-5-7-9-18)24-22(26)30-23(2,3)4/h5-13,20-21,25H,14-16H2,1-4H3,(H,24,26). The van der Waals surface area contributed by atoms with Crippen molar-refractivity contribution in [2.75, 3.05) is 6.61 Å². The minimum absolute atomic E-state index is 0.0123. The first-order valence-corrected chi connectivity index (χ1v) is 11.5. The third kappa shape index (κ3) is 8.69. The van der Waals surface area contributed by atoms with Gasteiger partial charge in [-0.2, -0.15) is 8.42 Å². The Hall–Kier alpha value is -2.42. The first-order valence-electron chi connectivity index (χ1n) is 10.1. The fourth-order valence-corrected chi connectivity index (χ4v) is 3.78. The van der Waals surface area contributed by atoms with E-state index in [0.717, 1.165) is 11.1 Å². The molecule has 0 aromatic heterocycles. The lowest BCUT2D eigenvalue weighted by Gasteiger charge is -2.27. The van der Waals surface area contributed by atoms with Gasteiger partial charge in [-0.05, 0) is 51.8 Å². The Kier molecular flexibility index (Phi) is 8.61. The number of amides is 1. The summed E-state index contributed by atoms with van der Waals surface area (Å²) in [5, 5.41) is 13.4. The van der Waals surface area contributed by atoms with Crippen LogP contribution in [0.5, 0.6) is 0 Å². The molecule has 2 atom stereocenters. The van der Waals surface area contributed by atoms with E-state index >= 15 is 0 Å². The lowest BCUT2D eigenvalue weighted by molar-refractivity contribution is 0.0396. The number of carbonyl (C=O) groups is 1. The molecule has 2 unspecified atom stereocenters. The summed E-state index contributed by atoms with van der Waals surface area (Å²) >= 11 is 0. The molecule has 0 fully saturated rings. The summed E-state index contributed by atoms with van der Waals surface area (Å²) in [6, 6.07) is 15.0. The van der Waals surface area contributed by atoms with Crippen molar-refractivity contribution in [1.82, 2.24) is 5.32 Å². The van der Waals surface area contributed by atoms with Crippen molar-refractivity contribution in [1.29, 1.82) is 0 Å². The molecule has 0 heterocycles. The quantitative estimate of drug-likeness (QED) is 0.567. The SMILES string of the molecule is Cc1ccc(S(=O)(=O)OCCC(O)C(Cc2ccccc2)NC(=O)OC(C)(C)C)cc1. The van der Waals surface area contributed by atoms with Gasteiger partial charge in [0.1, 0.15) is 5.60 Å². The molecule has 170 valence electrons. The number of ether oxygens (including phenoxy) is 1. The normalized spacial score (nSPS) is 14.0. The lowest BCUT2D eigenvalue weighted by atomic mass is 9.99. The van der Waals surface area contributed by atoms with Crippen molar-refractivity contribution in [2.24, 2.45) is 0 Å². The Balaban J connectivity index is 2.01. The average molecular weight is 450 g/mol. The number of aliphatic hydroxyl groups excluding tert-OH is 1. The van der Waals surface area contributed by atoms with Crippen LogP contribution in [-0.2, 0) is 25.5 Å². The zero-order valence-corrected chi connectivity index (χ0v) is 19.2. The number of alkyl carbamates (subject to hydrolysis) is 1. The second-order valence-electron chi connectivity index (χ2n) is 8.39. The zero-order chi connectivity index (χ0) is 23.1. The Bertz CT molecular complexity index is 936. The van der Waals surface area contributed by atoms with E-state index in [9.17, 15) is 18.3 Å². The van der Waals surface area contributed by atoms with Gasteiger partial charge in [-0.3, -0.25) is 4.18 Å². The molecule has 2 rings (SSSR count). The minimum Gasteiger partial charge on any atom is -0.444 e. The topological polar surface area (TPSA) is 102 Å². The fraction of sp³-hybridized carbons (Fsp3) is 0.435. The first-order chi connectivity index (χ1) is 14.5. The highest BCUT2D eigenvalue weighted by molar-refractivity contribution is 7.86. The highest BCUT2D eigenvalue weighted by Gasteiger charge is 2.26. The third-order valence-corrected chi connectivity index (χ3v) is 5.75. The molecule has 0 bridgehead atoms. The molecule has 7 nitrogen and oxygen atoms in total. The predicted octanol–water partition coefficient (Wildman–Crippen LogP) is 3.59. The number of benzene rings is 2. The summed E-state index contributed by atoms with van der Waals surface area (Å²) in [6.07, 6.45) is -1.33. The van der Waals surface area contributed by atoms with Gasteiger partial charge in [-0.25, -0.2) is 4.79 Å². The molecular formula is C23H31NO6S. The Morgan fingerprint density at radius 3 is 2.26 bits per heavy atom. The molecule has 31 heavy (non-hydrogen) atoms. The van der Waals surface area contributed by atoms with Crippen LogP contribution in [0.3, 0.4) is 0 Å². The number of hydrogen-bond acceptors (Lipinski definition) is 6. The molecule has 2 N–H and O–H groups in total. The van der Waals surface area contributed by atoms with Crippen LogP contribution in [0.15, 0.2) is 59.5 Å². The highest BCUT2D eigenvalue weighted by Crippen LogP contribution is 2.16. The summed E-state index contributed by atoms with van der Waals surface area (Å²) in [5.74, 6) is 0. The van der Waals surface area contributed by atoms with Gasteiger partial charge in [-0.1, -0.05) is 48.0 Å². The average Bonchev–Trinajstić information content (AvgIpc) is 2.67. The van der Waals surface area contributed by atoms with E-state index in [1.54, 1.807) is 32.9 Å². The van der Waals surface area contributed by atoms with Crippen molar-refractivity contribution < 1.29 is 27.2 Å². The second-order valence-corrected chi connectivity index (χ2v) is 10.0. The lowest BCUT2D eigenvalue weighted by Crippen LogP contribution is -2.47. The van der Waals surface area contributed by atoms with Crippen LogP contribution in [0.2, 0.25) is 0 Å². The van der Waals surface area contributed by atoms with E-state index in [2.05, 4.69) is 5.32 Å². The summed E-state index contributed by atoms with van der Waals surface area (Å²) < 4.78 is 35.0. The van der Waals surface area contributed by atoms with Gasteiger partial charge in [0.25, 0.3) is 10.1 Å². The Labute approximate surface area is 184 Å². The monoisotopic (exact) mass is 449 g/mol. The van der Waals surface area contributed by atoms with Gasteiger partial charge in [-0.15, -0.1) is 0 Å². The molecule has 0 aliphatic carbocycles. The van der Waals surface area contributed by atoms with Gasteiger partial charge >= 0.3 is 6.09 Å². The molecule has 0 saturated heterocycles. The van der Waals surface area contributed by atoms with E-state index in [1.165, 1.54) is 12.1 Å². The molecule has 2 aromatic carbocycles. The van der Waals surface area contributed by atoms with Crippen molar-refractivity contribution >= 4 is 16.2 Å². The largest absolute Gasteiger partial charge is 0.444 e. The van der Waals surface area contributed by atoms with Gasteiger partial charge in [0.15, 0.2) is 0 Å². The molecular weight excluding hydrogens is 418 g/mol. The highest BCUT2D eigenvalue weighted by atomic mass is 32.2. The Morgan fingerprint density at radius 2 is 1.68 bits per heavy atom. The van der Waals surface area contributed by atoms with E-state index < -0.39 is 34.0 Å². The van der Waals surface area contributed by atoms with Crippen molar-refractivity contribution in [3.8, 4) is 0 Å². The molecule has 0 saturated carbocycles. The number of nitrogens with one attached hydrogen (secondary N) is 1. The molecule has 0 radical (unpaired) electrons. The van der Waals surface area contributed by atoms with Crippen LogP contribution < -0.4 is 5.32 Å². The zero-order valence-electron chi connectivity index (χ0n) is 18.4.